The molecule has 2 aromatic carbocycles. The maximum Gasteiger partial charge on any atom is 0.243 e. The Morgan fingerprint density at radius 1 is 1.12 bits per heavy atom. The third kappa shape index (κ3) is 4.55. The smallest absolute Gasteiger partial charge is 0.243 e. The molecule has 1 amide bonds. The number of benzene rings is 2. The lowest BCUT2D eigenvalue weighted by molar-refractivity contribution is -0.122. The molecule has 0 unspecified atom stereocenters. The molecule has 0 bridgehead atoms. The van der Waals surface area contributed by atoms with Crippen LogP contribution in [0, 0.1) is 5.92 Å². The van der Waals surface area contributed by atoms with E-state index in [0.29, 0.717) is 5.92 Å². The van der Waals surface area contributed by atoms with Crippen LogP contribution in [0.1, 0.15) is 49.8 Å². The second kappa shape index (κ2) is 7.67. The van der Waals surface area contributed by atoms with Crippen LogP contribution in [0.3, 0.4) is 0 Å². The average molecular weight is 367 g/mol. The normalized spacial score (nSPS) is 19.5. The van der Waals surface area contributed by atoms with E-state index in [0.717, 1.165) is 12.0 Å². The summed E-state index contributed by atoms with van der Waals surface area (Å²) >= 11 is 1.70. The van der Waals surface area contributed by atoms with Gasteiger partial charge in [-0.25, -0.2) is 5.43 Å². The standard InChI is InChI=1S/C22H26N2OS/c1-22(2,3)17-9-7-16(8-10-17)19-13-20(19)21(25)24-23-14-15-5-11-18(26-4)12-6-15/h5-12,14,19-20H,13H2,1-4H3,(H,24,25)/t19-,20+/m1/s1. The molecule has 4 heteroatoms. The summed E-state index contributed by atoms with van der Waals surface area (Å²) in [4.78, 5) is 13.5. The van der Waals surface area contributed by atoms with Gasteiger partial charge in [-0.1, -0.05) is 57.2 Å². The first kappa shape index (κ1) is 18.7. The predicted octanol–water partition coefficient (Wildman–Crippen LogP) is 4.96. The molecule has 26 heavy (non-hydrogen) atoms. The van der Waals surface area contributed by atoms with Crippen molar-refractivity contribution in [1.29, 1.82) is 0 Å². The van der Waals surface area contributed by atoms with Crippen molar-refractivity contribution in [3.63, 3.8) is 0 Å². The van der Waals surface area contributed by atoms with Crippen LogP contribution in [-0.4, -0.2) is 18.4 Å². The molecular formula is C22H26N2OS. The van der Waals surface area contributed by atoms with Crippen LogP contribution >= 0.6 is 11.8 Å². The fourth-order valence-electron chi connectivity index (χ4n) is 3.03. The van der Waals surface area contributed by atoms with Crippen LogP contribution in [-0.2, 0) is 10.2 Å². The Morgan fingerprint density at radius 2 is 1.77 bits per heavy atom. The van der Waals surface area contributed by atoms with Gasteiger partial charge in [0, 0.05) is 10.8 Å². The number of thioether (sulfide) groups is 1. The van der Waals surface area contributed by atoms with E-state index in [4.69, 9.17) is 0 Å². The zero-order valence-corrected chi connectivity index (χ0v) is 16.6. The molecule has 1 N–H and O–H groups in total. The Kier molecular flexibility index (Phi) is 5.52. The molecule has 0 spiro atoms. The van der Waals surface area contributed by atoms with Crippen molar-refractivity contribution in [2.45, 2.75) is 43.4 Å². The molecule has 2 aromatic rings. The Hall–Kier alpha value is -2.07. The number of amides is 1. The molecule has 0 saturated heterocycles. The van der Waals surface area contributed by atoms with E-state index in [9.17, 15) is 4.79 Å². The average Bonchev–Trinajstić information content (AvgIpc) is 3.42. The molecule has 1 aliphatic carbocycles. The Morgan fingerprint density at radius 3 is 2.35 bits per heavy atom. The molecule has 0 aromatic heterocycles. The van der Waals surface area contributed by atoms with Gasteiger partial charge in [0.15, 0.2) is 0 Å². The maximum atomic E-state index is 12.3. The fourth-order valence-corrected chi connectivity index (χ4v) is 3.44. The summed E-state index contributed by atoms with van der Waals surface area (Å²) in [7, 11) is 0. The van der Waals surface area contributed by atoms with Gasteiger partial charge in [-0.3, -0.25) is 4.79 Å². The van der Waals surface area contributed by atoms with Gasteiger partial charge in [-0.15, -0.1) is 11.8 Å². The molecule has 0 radical (unpaired) electrons. The SMILES string of the molecule is CSc1ccc(C=NNC(=O)[C@H]2C[C@@H]2c2ccc(C(C)(C)C)cc2)cc1. The van der Waals surface area contributed by atoms with E-state index in [1.807, 2.05) is 30.5 Å². The van der Waals surface area contributed by atoms with Crippen LogP contribution in [0.15, 0.2) is 58.5 Å². The largest absolute Gasteiger partial charge is 0.273 e. The summed E-state index contributed by atoms with van der Waals surface area (Å²) < 4.78 is 0. The second-order valence-corrected chi connectivity index (χ2v) is 8.71. The number of hydrogen-bond acceptors (Lipinski definition) is 3. The second-order valence-electron chi connectivity index (χ2n) is 7.83. The summed E-state index contributed by atoms with van der Waals surface area (Å²) in [6, 6.07) is 16.8. The molecular weight excluding hydrogens is 340 g/mol. The van der Waals surface area contributed by atoms with E-state index in [2.05, 4.69) is 55.6 Å². The van der Waals surface area contributed by atoms with Crippen LogP contribution in [0.5, 0.6) is 0 Å². The van der Waals surface area contributed by atoms with Gasteiger partial charge in [-0.2, -0.15) is 5.10 Å². The van der Waals surface area contributed by atoms with E-state index < -0.39 is 0 Å². The molecule has 1 saturated carbocycles. The zero-order valence-electron chi connectivity index (χ0n) is 15.8. The number of hydrogen-bond donors (Lipinski definition) is 1. The predicted molar refractivity (Wildman–Crippen MR) is 110 cm³/mol. The minimum atomic E-state index is 0.00637. The monoisotopic (exact) mass is 366 g/mol. The van der Waals surface area contributed by atoms with Gasteiger partial charge in [0.2, 0.25) is 5.91 Å². The topological polar surface area (TPSA) is 41.5 Å². The first-order valence-corrected chi connectivity index (χ1v) is 10.2. The van der Waals surface area contributed by atoms with Crippen molar-refractivity contribution >= 4 is 23.9 Å². The van der Waals surface area contributed by atoms with Crippen LogP contribution in [0.25, 0.3) is 0 Å². The highest BCUT2D eigenvalue weighted by atomic mass is 32.2. The van der Waals surface area contributed by atoms with Gasteiger partial charge in [-0.05, 0) is 52.8 Å². The van der Waals surface area contributed by atoms with Gasteiger partial charge in [0.25, 0.3) is 0 Å². The van der Waals surface area contributed by atoms with Crippen LogP contribution in [0.2, 0.25) is 0 Å². The number of carbonyl (C=O) groups excluding carboxylic acids is 1. The number of hydrazone groups is 1. The van der Waals surface area contributed by atoms with Gasteiger partial charge >= 0.3 is 0 Å². The van der Waals surface area contributed by atoms with Crippen LogP contribution in [0.4, 0.5) is 0 Å². The highest BCUT2D eigenvalue weighted by molar-refractivity contribution is 7.98. The molecule has 2 atom stereocenters. The van der Waals surface area contributed by atoms with E-state index in [-0.39, 0.29) is 17.2 Å². The quantitative estimate of drug-likeness (QED) is 0.462. The molecule has 1 fully saturated rings. The number of rotatable bonds is 5. The molecule has 0 heterocycles. The Labute approximate surface area is 160 Å². The highest BCUT2D eigenvalue weighted by Gasteiger charge is 2.43. The summed E-state index contributed by atoms with van der Waals surface area (Å²) in [6.45, 7) is 6.63. The van der Waals surface area contributed by atoms with Crippen molar-refractivity contribution in [1.82, 2.24) is 5.43 Å². The third-order valence-electron chi connectivity index (χ3n) is 4.84. The number of carbonyl (C=O) groups is 1. The van der Waals surface area contributed by atoms with Crippen molar-refractivity contribution in [2.75, 3.05) is 6.26 Å². The molecule has 3 rings (SSSR count). The third-order valence-corrected chi connectivity index (χ3v) is 5.58. The minimum Gasteiger partial charge on any atom is -0.273 e. The summed E-state index contributed by atoms with van der Waals surface area (Å²) in [5, 5.41) is 4.10. The zero-order chi connectivity index (χ0) is 18.7. The lowest BCUT2D eigenvalue weighted by Gasteiger charge is -2.19. The van der Waals surface area contributed by atoms with Crippen molar-refractivity contribution in [3.05, 3.63) is 65.2 Å². The van der Waals surface area contributed by atoms with Gasteiger partial charge in [0.05, 0.1) is 6.21 Å². The summed E-state index contributed by atoms with van der Waals surface area (Å²) in [5.41, 5.74) is 6.38. The van der Waals surface area contributed by atoms with Gasteiger partial charge in [0.1, 0.15) is 0 Å². The van der Waals surface area contributed by atoms with E-state index >= 15 is 0 Å². The number of nitrogens with one attached hydrogen (secondary N) is 1. The van der Waals surface area contributed by atoms with Crippen molar-refractivity contribution in [3.8, 4) is 0 Å². The Balaban J connectivity index is 1.53. The van der Waals surface area contributed by atoms with Crippen molar-refractivity contribution in [2.24, 2.45) is 11.0 Å². The van der Waals surface area contributed by atoms with Gasteiger partial charge < -0.3 is 0 Å². The summed E-state index contributed by atoms with van der Waals surface area (Å²) in [6.07, 6.45) is 4.64. The first-order valence-electron chi connectivity index (χ1n) is 8.96. The lowest BCUT2D eigenvalue weighted by atomic mass is 9.86. The van der Waals surface area contributed by atoms with E-state index in [1.54, 1.807) is 18.0 Å². The molecule has 136 valence electrons. The number of nitrogens with zero attached hydrogens (tertiary/aromatic N) is 1. The van der Waals surface area contributed by atoms with E-state index in [1.165, 1.54) is 16.0 Å². The fraction of sp³-hybridized carbons (Fsp3) is 0.364. The Bertz CT molecular complexity index is 788. The lowest BCUT2D eigenvalue weighted by Crippen LogP contribution is -2.20. The van der Waals surface area contributed by atoms with Crippen molar-refractivity contribution < 1.29 is 4.79 Å². The maximum absolute atomic E-state index is 12.3. The summed E-state index contributed by atoms with van der Waals surface area (Å²) in [5.74, 6) is 0.360. The van der Waals surface area contributed by atoms with Crippen LogP contribution < -0.4 is 5.43 Å². The highest BCUT2D eigenvalue weighted by Crippen LogP contribution is 2.47. The minimum absolute atomic E-state index is 0.00637. The molecule has 3 nitrogen and oxygen atoms in total. The molecule has 1 aliphatic rings. The first-order chi connectivity index (χ1) is 12.4. The molecule has 0 aliphatic heterocycles.